The monoisotopic (exact) mass is 245 g/mol. The van der Waals surface area contributed by atoms with Crippen LogP contribution in [-0.2, 0) is 5.54 Å². The molecule has 1 aliphatic carbocycles. The van der Waals surface area contributed by atoms with Gasteiger partial charge in [-0.2, -0.15) is 0 Å². The maximum Gasteiger partial charge on any atom is 0.0486 e. The van der Waals surface area contributed by atoms with Crippen molar-refractivity contribution in [3.63, 3.8) is 0 Å². The molecule has 0 unspecified atom stereocenters. The number of benzene rings is 2. The molecule has 17 heavy (non-hydrogen) atoms. The Morgan fingerprint density at radius 1 is 0.882 bits per heavy atom. The first-order valence-corrected chi connectivity index (χ1v) is 5.70. The second kappa shape index (κ2) is 4.52. The van der Waals surface area contributed by atoms with Gasteiger partial charge in [-0.3, -0.25) is 0 Å². The topological polar surface area (TPSA) is 26.0 Å². The van der Waals surface area contributed by atoms with Gasteiger partial charge in [0.25, 0.3) is 0 Å². The minimum absolute atomic E-state index is 0. The summed E-state index contributed by atoms with van der Waals surface area (Å²) >= 11 is 0. The first-order valence-electron chi connectivity index (χ1n) is 5.70. The quantitative estimate of drug-likeness (QED) is 0.862. The van der Waals surface area contributed by atoms with E-state index >= 15 is 0 Å². The molecule has 0 aromatic heterocycles. The lowest BCUT2D eigenvalue weighted by Crippen LogP contribution is -2.21. The number of rotatable bonds is 2. The van der Waals surface area contributed by atoms with Crippen molar-refractivity contribution in [2.45, 2.75) is 17.9 Å². The molecule has 88 valence electrons. The lowest BCUT2D eigenvalue weighted by atomic mass is 10.00. The summed E-state index contributed by atoms with van der Waals surface area (Å²) in [6, 6.07) is 21.0. The number of halogens is 1. The molecule has 0 spiro atoms. The third-order valence-electron chi connectivity index (χ3n) is 3.52. The van der Waals surface area contributed by atoms with Crippen LogP contribution in [0.5, 0.6) is 0 Å². The first kappa shape index (κ1) is 12.2. The van der Waals surface area contributed by atoms with Crippen molar-refractivity contribution in [1.82, 2.24) is 0 Å². The highest BCUT2D eigenvalue weighted by molar-refractivity contribution is 5.85. The normalized spacial score (nSPS) is 26.1. The van der Waals surface area contributed by atoms with Crippen LogP contribution in [0.1, 0.15) is 23.5 Å². The molecular formula is C15H16ClN. The van der Waals surface area contributed by atoms with E-state index in [4.69, 9.17) is 5.73 Å². The third-order valence-corrected chi connectivity index (χ3v) is 3.52. The second-order valence-corrected chi connectivity index (χ2v) is 4.57. The average Bonchev–Trinajstić information content (AvgIpc) is 3.06. The van der Waals surface area contributed by atoms with Gasteiger partial charge in [-0.15, -0.1) is 12.4 Å². The van der Waals surface area contributed by atoms with Crippen molar-refractivity contribution in [3.05, 3.63) is 71.8 Å². The van der Waals surface area contributed by atoms with Crippen LogP contribution in [-0.4, -0.2) is 0 Å². The van der Waals surface area contributed by atoms with E-state index in [1.807, 2.05) is 12.1 Å². The zero-order chi connectivity index (χ0) is 11.0. The van der Waals surface area contributed by atoms with Crippen LogP contribution < -0.4 is 5.73 Å². The number of hydrogen-bond donors (Lipinski definition) is 1. The minimum atomic E-state index is -0.136. The van der Waals surface area contributed by atoms with Crippen LogP contribution >= 0.6 is 12.4 Å². The molecule has 0 aliphatic heterocycles. The molecule has 0 amide bonds. The summed E-state index contributed by atoms with van der Waals surface area (Å²) in [6.45, 7) is 0. The Kier molecular flexibility index (Phi) is 3.23. The molecular weight excluding hydrogens is 230 g/mol. The lowest BCUT2D eigenvalue weighted by molar-refractivity contribution is 0.706. The Labute approximate surface area is 108 Å². The summed E-state index contributed by atoms with van der Waals surface area (Å²) in [5, 5.41) is 0. The largest absolute Gasteiger partial charge is 0.321 e. The number of nitrogens with two attached hydrogens (primary N) is 1. The molecule has 1 nitrogen and oxygen atoms in total. The van der Waals surface area contributed by atoms with Gasteiger partial charge in [0.1, 0.15) is 0 Å². The van der Waals surface area contributed by atoms with Crippen LogP contribution in [0.4, 0.5) is 0 Å². The van der Waals surface area contributed by atoms with Gasteiger partial charge >= 0.3 is 0 Å². The highest BCUT2D eigenvalue weighted by Gasteiger charge is 2.52. The van der Waals surface area contributed by atoms with Gasteiger partial charge in [0, 0.05) is 11.5 Å². The maximum atomic E-state index is 6.44. The summed E-state index contributed by atoms with van der Waals surface area (Å²) in [7, 11) is 0. The first-order chi connectivity index (χ1) is 7.81. The van der Waals surface area contributed by atoms with Crippen LogP contribution in [0.15, 0.2) is 60.7 Å². The summed E-state index contributed by atoms with van der Waals surface area (Å²) < 4.78 is 0. The van der Waals surface area contributed by atoms with E-state index in [0.717, 1.165) is 6.42 Å². The van der Waals surface area contributed by atoms with E-state index in [2.05, 4.69) is 48.5 Å². The fourth-order valence-corrected chi connectivity index (χ4v) is 2.45. The Balaban J connectivity index is 0.00000108. The van der Waals surface area contributed by atoms with Gasteiger partial charge in [-0.05, 0) is 17.5 Å². The van der Waals surface area contributed by atoms with Gasteiger partial charge in [0.2, 0.25) is 0 Å². The van der Waals surface area contributed by atoms with Gasteiger partial charge < -0.3 is 5.73 Å². The molecule has 1 fully saturated rings. The molecule has 0 radical (unpaired) electrons. The van der Waals surface area contributed by atoms with E-state index in [1.54, 1.807) is 0 Å². The van der Waals surface area contributed by atoms with Crippen LogP contribution in [0.3, 0.4) is 0 Å². The second-order valence-electron chi connectivity index (χ2n) is 4.57. The van der Waals surface area contributed by atoms with Crippen molar-refractivity contribution in [2.24, 2.45) is 5.73 Å². The zero-order valence-corrected chi connectivity index (χ0v) is 10.4. The minimum Gasteiger partial charge on any atom is -0.321 e. The van der Waals surface area contributed by atoms with Gasteiger partial charge in [0.05, 0.1) is 0 Å². The molecule has 1 saturated carbocycles. The van der Waals surface area contributed by atoms with E-state index in [9.17, 15) is 0 Å². The van der Waals surface area contributed by atoms with Crippen LogP contribution in [0.2, 0.25) is 0 Å². The Bertz CT molecular complexity index is 483. The fourth-order valence-electron chi connectivity index (χ4n) is 2.45. The van der Waals surface area contributed by atoms with Gasteiger partial charge in [-0.1, -0.05) is 60.7 Å². The van der Waals surface area contributed by atoms with Crippen molar-refractivity contribution in [1.29, 1.82) is 0 Å². The summed E-state index contributed by atoms with van der Waals surface area (Å²) in [5.41, 5.74) is 8.92. The van der Waals surface area contributed by atoms with E-state index < -0.39 is 0 Å². The van der Waals surface area contributed by atoms with Crippen molar-refractivity contribution >= 4 is 12.4 Å². The standard InChI is InChI=1S/C15H15N.ClH/c16-15(13-9-5-2-6-10-13)11-14(15)12-7-3-1-4-8-12;/h1-10,14H,11,16H2;1H/t14-,15-;/m0./s1. The third kappa shape index (κ3) is 2.08. The lowest BCUT2D eigenvalue weighted by Gasteiger charge is -2.11. The van der Waals surface area contributed by atoms with Crippen molar-refractivity contribution < 1.29 is 0 Å². The van der Waals surface area contributed by atoms with E-state index in [0.29, 0.717) is 5.92 Å². The Hall–Kier alpha value is -1.31. The molecule has 2 aromatic carbocycles. The average molecular weight is 246 g/mol. The summed E-state index contributed by atoms with van der Waals surface area (Å²) in [4.78, 5) is 0. The Morgan fingerprint density at radius 3 is 2.00 bits per heavy atom. The van der Waals surface area contributed by atoms with Gasteiger partial charge in [0.15, 0.2) is 0 Å². The van der Waals surface area contributed by atoms with Crippen molar-refractivity contribution in [3.8, 4) is 0 Å². The highest BCUT2D eigenvalue weighted by Crippen LogP contribution is 2.56. The molecule has 1 aliphatic rings. The van der Waals surface area contributed by atoms with E-state index in [-0.39, 0.29) is 17.9 Å². The Morgan fingerprint density at radius 2 is 1.41 bits per heavy atom. The molecule has 2 N–H and O–H groups in total. The molecule has 2 atom stereocenters. The van der Waals surface area contributed by atoms with Crippen LogP contribution in [0, 0.1) is 0 Å². The summed E-state index contributed by atoms with van der Waals surface area (Å²) in [5.74, 6) is 0.482. The summed E-state index contributed by atoms with van der Waals surface area (Å²) in [6.07, 6.45) is 1.06. The predicted molar refractivity (Wildman–Crippen MR) is 73.4 cm³/mol. The smallest absolute Gasteiger partial charge is 0.0486 e. The molecule has 0 bridgehead atoms. The zero-order valence-electron chi connectivity index (χ0n) is 9.54. The molecule has 2 heteroatoms. The fraction of sp³-hybridized carbons (Fsp3) is 0.200. The molecule has 0 heterocycles. The van der Waals surface area contributed by atoms with Gasteiger partial charge in [-0.25, -0.2) is 0 Å². The SMILES string of the molecule is Cl.N[C@]1(c2ccccc2)C[C@H]1c1ccccc1. The molecule has 3 rings (SSSR count). The number of hydrogen-bond acceptors (Lipinski definition) is 1. The van der Waals surface area contributed by atoms with Crippen molar-refractivity contribution in [2.75, 3.05) is 0 Å². The van der Waals surface area contributed by atoms with E-state index in [1.165, 1.54) is 11.1 Å². The highest BCUT2D eigenvalue weighted by atomic mass is 35.5. The van der Waals surface area contributed by atoms with Crippen LogP contribution in [0.25, 0.3) is 0 Å². The maximum absolute atomic E-state index is 6.44. The molecule has 0 saturated heterocycles. The molecule has 2 aromatic rings. The predicted octanol–water partition coefficient (Wildman–Crippen LogP) is 3.45.